The van der Waals surface area contributed by atoms with Gasteiger partial charge in [-0.1, -0.05) is 17.7 Å². The van der Waals surface area contributed by atoms with Gasteiger partial charge < -0.3 is 20.1 Å². The highest BCUT2D eigenvalue weighted by Gasteiger charge is 2.39. The Morgan fingerprint density at radius 1 is 1.21 bits per heavy atom. The summed E-state index contributed by atoms with van der Waals surface area (Å²) in [6, 6.07) is 8.41. The molecule has 2 N–H and O–H groups in total. The van der Waals surface area contributed by atoms with Crippen LogP contribution in [0.4, 0.5) is 5.69 Å². The van der Waals surface area contributed by atoms with Crippen LogP contribution in [0.15, 0.2) is 24.3 Å². The molecule has 0 aliphatic carbocycles. The fourth-order valence-corrected chi connectivity index (χ4v) is 2.50. The molecule has 1 unspecified atom stereocenters. The maximum Gasteiger partial charge on any atom is 0.180 e. The number of hydrogen-bond acceptors (Lipinski definition) is 4. The number of aryl methyl sites for hydroxylation is 1. The molecule has 0 bridgehead atoms. The molecule has 0 heterocycles. The molecule has 0 saturated heterocycles. The third-order valence-corrected chi connectivity index (χ3v) is 3.63. The molecule has 0 aromatic heterocycles. The molecule has 0 fully saturated rings. The Bertz CT molecular complexity index is 376. The molecule has 1 atom stereocenters. The number of hydrogen-bond donors (Lipinski definition) is 1. The predicted octanol–water partition coefficient (Wildman–Crippen LogP) is 2.16. The minimum absolute atomic E-state index is 0.376. The minimum Gasteiger partial charge on any atom is -0.360 e. The molecule has 1 aromatic rings. The van der Waals surface area contributed by atoms with E-state index in [1.54, 1.807) is 14.2 Å². The highest BCUT2D eigenvalue weighted by molar-refractivity contribution is 5.50. The number of nitrogens with two attached hydrogens (primary N) is 1. The van der Waals surface area contributed by atoms with E-state index in [0.29, 0.717) is 6.54 Å². The van der Waals surface area contributed by atoms with Gasteiger partial charge in [0.1, 0.15) is 5.54 Å². The molecule has 19 heavy (non-hydrogen) atoms. The van der Waals surface area contributed by atoms with Crippen LogP contribution in [0, 0.1) is 6.92 Å². The van der Waals surface area contributed by atoms with Crippen molar-refractivity contribution in [3.8, 4) is 0 Å². The van der Waals surface area contributed by atoms with Crippen LogP contribution >= 0.6 is 0 Å². The fourth-order valence-electron chi connectivity index (χ4n) is 2.50. The van der Waals surface area contributed by atoms with Gasteiger partial charge >= 0.3 is 0 Å². The van der Waals surface area contributed by atoms with Crippen molar-refractivity contribution in [3.63, 3.8) is 0 Å². The lowest BCUT2D eigenvalue weighted by atomic mass is 9.97. The lowest BCUT2D eigenvalue weighted by Gasteiger charge is -2.45. The predicted molar refractivity (Wildman–Crippen MR) is 79.5 cm³/mol. The quantitative estimate of drug-likeness (QED) is 0.768. The van der Waals surface area contributed by atoms with Gasteiger partial charge in [-0.15, -0.1) is 0 Å². The van der Waals surface area contributed by atoms with Gasteiger partial charge in [0.2, 0.25) is 0 Å². The molecule has 0 aliphatic rings. The third kappa shape index (κ3) is 3.26. The first-order valence-corrected chi connectivity index (χ1v) is 6.63. The number of methoxy groups -OCH3 is 2. The molecule has 1 aromatic carbocycles. The van der Waals surface area contributed by atoms with Crippen LogP contribution in [-0.4, -0.2) is 39.1 Å². The summed E-state index contributed by atoms with van der Waals surface area (Å²) in [4.78, 5) is 2.23. The number of anilines is 1. The van der Waals surface area contributed by atoms with Crippen molar-refractivity contribution in [1.82, 2.24) is 0 Å². The number of likely N-dealkylation sites (N-methyl/N-ethyl adjacent to an activating group) is 1. The van der Waals surface area contributed by atoms with Gasteiger partial charge in [-0.2, -0.15) is 0 Å². The van der Waals surface area contributed by atoms with Crippen molar-refractivity contribution >= 4 is 5.69 Å². The molecule has 0 aliphatic heterocycles. The Morgan fingerprint density at radius 3 is 2.11 bits per heavy atom. The van der Waals surface area contributed by atoms with Gasteiger partial charge in [-0.3, -0.25) is 0 Å². The summed E-state index contributed by atoms with van der Waals surface area (Å²) in [7, 11) is 3.29. The van der Waals surface area contributed by atoms with Crippen LogP contribution in [0.25, 0.3) is 0 Å². The van der Waals surface area contributed by atoms with Gasteiger partial charge in [-0.25, -0.2) is 0 Å². The summed E-state index contributed by atoms with van der Waals surface area (Å²) < 4.78 is 10.9. The molecule has 0 amide bonds. The van der Waals surface area contributed by atoms with Crippen LogP contribution in [-0.2, 0) is 9.47 Å². The zero-order chi connectivity index (χ0) is 14.5. The van der Waals surface area contributed by atoms with Crippen molar-refractivity contribution in [2.75, 3.05) is 32.2 Å². The lowest BCUT2D eigenvalue weighted by Crippen LogP contribution is -2.60. The first kappa shape index (κ1) is 16.0. The van der Waals surface area contributed by atoms with Gasteiger partial charge in [0.05, 0.1) is 0 Å². The molecule has 4 nitrogen and oxygen atoms in total. The monoisotopic (exact) mass is 266 g/mol. The Kier molecular flexibility index (Phi) is 5.79. The maximum atomic E-state index is 6.00. The van der Waals surface area contributed by atoms with E-state index in [1.165, 1.54) is 5.56 Å². The van der Waals surface area contributed by atoms with E-state index in [0.717, 1.165) is 12.2 Å². The Labute approximate surface area is 116 Å². The SMILES string of the molecule is CCN(c1ccc(C)cc1)C(C)(CN)C(OC)OC. The minimum atomic E-state index is -0.409. The molecule has 1 rings (SSSR count). The van der Waals surface area contributed by atoms with E-state index in [1.807, 2.05) is 0 Å². The van der Waals surface area contributed by atoms with Crippen molar-refractivity contribution in [1.29, 1.82) is 0 Å². The lowest BCUT2D eigenvalue weighted by molar-refractivity contribution is -0.141. The summed E-state index contributed by atoms with van der Waals surface area (Å²) in [6.07, 6.45) is -0.376. The van der Waals surface area contributed by atoms with Crippen LogP contribution in [0.1, 0.15) is 19.4 Å². The van der Waals surface area contributed by atoms with Crippen LogP contribution < -0.4 is 10.6 Å². The van der Waals surface area contributed by atoms with E-state index < -0.39 is 5.54 Å². The molecule has 108 valence electrons. The Hall–Kier alpha value is -1.10. The second kappa shape index (κ2) is 6.89. The van der Waals surface area contributed by atoms with Crippen molar-refractivity contribution in [2.24, 2.45) is 5.73 Å². The normalized spacial score (nSPS) is 14.5. The highest BCUT2D eigenvalue weighted by atomic mass is 16.7. The standard InChI is InChI=1S/C15H26N2O2/c1-6-17(13-9-7-12(2)8-10-13)15(3,11-16)14(18-4)19-5/h7-10,14H,6,11,16H2,1-5H3. The third-order valence-electron chi connectivity index (χ3n) is 3.63. The molecular weight excluding hydrogens is 240 g/mol. The maximum absolute atomic E-state index is 6.00. The number of benzene rings is 1. The summed E-state index contributed by atoms with van der Waals surface area (Å²) in [5.41, 5.74) is 7.96. The first-order valence-electron chi connectivity index (χ1n) is 6.63. The van der Waals surface area contributed by atoms with Crippen LogP contribution in [0.3, 0.4) is 0 Å². The Morgan fingerprint density at radius 2 is 1.74 bits per heavy atom. The average molecular weight is 266 g/mol. The van der Waals surface area contributed by atoms with E-state index in [9.17, 15) is 0 Å². The summed E-state index contributed by atoms with van der Waals surface area (Å²) in [5, 5.41) is 0. The largest absolute Gasteiger partial charge is 0.360 e. The molecule has 0 saturated carbocycles. The van der Waals surface area contributed by atoms with Crippen LogP contribution in [0.5, 0.6) is 0 Å². The molecular formula is C15H26N2O2. The van der Waals surface area contributed by atoms with Crippen LogP contribution in [0.2, 0.25) is 0 Å². The van der Waals surface area contributed by atoms with Crippen molar-refractivity contribution in [2.45, 2.75) is 32.6 Å². The summed E-state index contributed by atoms with van der Waals surface area (Å²) >= 11 is 0. The average Bonchev–Trinajstić information content (AvgIpc) is 2.43. The van der Waals surface area contributed by atoms with E-state index >= 15 is 0 Å². The summed E-state index contributed by atoms with van der Waals surface area (Å²) in [6.45, 7) is 7.53. The van der Waals surface area contributed by atoms with Crippen molar-refractivity contribution < 1.29 is 9.47 Å². The Balaban J connectivity index is 3.14. The molecule has 0 radical (unpaired) electrons. The first-order chi connectivity index (χ1) is 9.03. The van der Waals surface area contributed by atoms with Gasteiger partial charge in [0.25, 0.3) is 0 Å². The number of nitrogens with zero attached hydrogens (tertiary/aromatic N) is 1. The zero-order valence-electron chi connectivity index (χ0n) is 12.6. The molecule has 4 heteroatoms. The highest BCUT2D eigenvalue weighted by Crippen LogP contribution is 2.28. The number of ether oxygens (including phenoxy) is 2. The topological polar surface area (TPSA) is 47.7 Å². The smallest absolute Gasteiger partial charge is 0.180 e. The zero-order valence-corrected chi connectivity index (χ0v) is 12.6. The van der Waals surface area contributed by atoms with E-state index in [-0.39, 0.29) is 6.29 Å². The molecule has 0 spiro atoms. The second-order valence-corrected chi connectivity index (χ2v) is 4.94. The van der Waals surface area contributed by atoms with Crippen molar-refractivity contribution in [3.05, 3.63) is 29.8 Å². The van der Waals surface area contributed by atoms with E-state index in [4.69, 9.17) is 15.2 Å². The van der Waals surface area contributed by atoms with E-state index in [2.05, 4.69) is 49.9 Å². The summed E-state index contributed by atoms with van der Waals surface area (Å²) in [5.74, 6) is 0. The fraction of sp³-hybridized carbons (Fsp3) is 0.600. The van der Waals surface area contributed by atoms with Gasteiger partial charge in [0, 0.05) is 33.0 Å². The second-order valence-electron chi connectivity index (χ2n) is 4.94. The number of rotatable bonds is 7. The van der Waals surface area contributed by atoms with Gasteiger partial charge in [0.15, 0.2) is 6.29 Å². The van der Waals surface area contributed by atoms with Gasteiger partial charge in [-0.05, 0) is 32.9 Å².